The summed E-state index contributed by atoms with van der Waals surface area (Å²) in [7, 11) is 0. The van der Waals surface area contributed by atoms with Crippen molar-refractivity contribution in [3.63, 3.8) is 0 Å². The molecule has 0 atom stereocenters. The minimum atomic E-state index is -0.147. The molecule has 0 bridgehead atoms. The highest BCUT2D eigenvalue weighted by Gasteiger charge is 2.17. The number of rotatable bonds is 5. The molecule has 1 amide bonds. The molecule has 1 aromatic heterocycles. The van der Waals surface area contributed by atoms with E-state index in [1.807, 2.05) is 18.2 Å². The van der Waals surface area contributed by atoms with E-state index in [1.54, 1.807) is 6.20 Å². The van der Waals surface area contributed by atoms with E-state index in [0.29, 0.717) is 18.1 Å². The summed E-state index contributed by atoms with van der Waals surface area (Å²) in [5, 5.41) is 6.25. The number of fused-ring (bicyclic) bond motifs is 1. The molecular weight excluding hydrogens is 332 g/mol. The van der Waals surface area contributed by atoms with Crippen LogP contribution in [0.5, 0.6) is 11.5 Å². The standard InChI is InChI=1S/C19H22N4O3/c24-19(23-14-4-2-1-3-5-14)15-10-22-18(11-20-15)21-9-13-6-7-16-17(8-13)26-12-25-16/h6-8,10-11,14H,1-5,9,12H2,(H,21,22)(H,23,24). The van der Waals surface area contributed by atoms with Crippen LogP contribution in [0.1, 0.15) is 48.2 Å². The first-order valence-electron chi connectivity index (χ1n) is 9.03. The van der Waals surface area contributed by atoms with Crippen molar-refractivity contribution in [1.82, 2.24) is 15.3 Å². The van der Waals surface area contributed by atoms with E-state index in [9.17, 15) is 4.79 Å². The second-order valence-corrected chi connectivity index (χ2v) is 6.64. The van der Waals surface area contributed by atoms with Crippen molar-refractivity contribution < 1.29 is 14.3 Å². The normalized spacial score (nSPS) is 16.3. The summed E-state index contributed by atoms with van der Waals surface area (Å²) in [4.78, 5) is 20.8. The SMILES string of the molecule is O=C(NC1CCCCC1)c1cnc(NCc2ccc3c(c2)OCO3)cn1. The third kappa shape index (κ3) is 3.87. The number of ether oxygens (including phenoxy) is 2. The van der Waals surface area contributed by atoms with E-state index in [1.165, 1.54) is 25.5 Å². The number of carbonyl (C=O) groups is 1. The molecule has 7 nitrogen and oxygen atoms in total. The van der Waals surface area contributed by atoms with Crippen molar-refractivity contribution in [1.29, 1.82) is 0 Å². The first kappa shape index (κ1) is 16.6. The smallest absolute Gasteiger partial charge is 0.271 e. The van der Waals surface area contributed by atoms with Crippen molar-refractivity contribution in [2.75, 3.05) is 12.1 Å². The van der Waals surface area contributed by atoms with Crippen LogP contribution < -0.4 is 20.1 Å². The number of hydrogen-bond donors (Lipinski definition) is 2. The van der Waals surface area contributed by atoms with E-state index in [4.69, 9.17) is 9.47 Å². The molecule has 1 aromatic carbocycles. The zero-order chi connectivity index (χ0) is 17.8. The Kier molecular flexibility index (Phi) is 4.86. The number of anilines is 1. The Bertz CT molecular complexity index is 773. The number of benzene rings is 1. The van der Waals surface area contributed by atoms with Crippen molar-refractivity contribution in [2.24, 2.45) is 0 Å². The predicted molar refractivity (Wildman–Crippen MR) is 96.3 cm³/mol. The molecule has 2 aliphatic rings. The van der Waals surface area contributed by atoms with Crippen molar-refractivity contribution in [3.8, 4) is 11.5 Å². The maximum atomic E-state index is 12.3. The van der Waals surface area contributed by atoms with E-state index in [2.05, 4.69) is 20.6 Å². The minimum absolute atomic E-state index is 0.147. The maximum Gasteiger partial charge on any atom is 0.271 e. The highest BCUT2D eigenvalue weighted by atomic mass is 16.7. The number of hydrogen-bond acceptors (Lipinski definition) is 6. The lowest BCUT2D eigenvalue weighted by atomic mass is 9.95. The number of nitrogens with zero attached hydrogens (tertiary/aromatic N) is 2. The van der Waals surface area contributed by atoms with Gasteiger partial charge in [-0.05, 0) is 30.5 Å². The van der Waals surface area contributed by atoms with Crippen molar-refractivity contribution >= 4 is 11.7 Å². The summed E-state index contributed by atoms with van der Waals surface area (Å²) >= 11 is 0. The van der Waals surface area contributed by atoms with Crippen LogP contribution in [0.3, 0.4) is 0 Å². The first-order valence-corrected chi connectivity index (χ1v) is 9.03. The molecular formula is C19H22N4O3. The summed E-state index contributed by atoms with van der Waals surface area (Å²) in [5.74, 6) is 2.00. The van der Waals surface area contributed by atoms with Gasteiger partial charge in [0.2, 0.25) is 6.79 Å². The van der Waals surface area contributed by atoms with Gasteiger partial charge in [-0.2, -0.15) is 0 Å². The maximum absolute atomic E-state index is 12.3. The fraction of sp³-hybridized carbons (Fsp3) is 0.421. The van der Waals surface area contributed by atoms with E-state index >= 15 is 0 Å². The number of aromatic nitrogens is 2. The lowest BCUT2D eigenvalue weighted by Gasteiger charge is -2.22. The highest BCUT2D eigenvalue weighted by Crippen LogP contribution is 2.32. The lowest BCUT2D eigenvalue weighted by molar-refractivity contribution is 0.0922. The fourth-order valence-electron chi connectivity index (χ4n) is 3.29. The molecule has 7 heteroatoms. The van der Waals surface area contributed by atoms with Gasteiger partial charge >= 0.3 is 0 Å². The van der Waals surface area contributed by atoms with Gasteiger partial charge in [0.25, 0.3) is 5.91 Å². The zero-order valence-electron chi connectivity index (χ0n) is 14.5. The summed E-state index contributed by atoms with van der Waals surface area (Å²) < 4.78 is 10.7. The van der Waals surface area contributed by atoms with Gasteiger partial charge < -0.3 is 20.1 Å². The minimum Gasteiger partial charge on any atom is -0.454 e. The van der Waals surface area contributed by atoms with Gasteiger partial charge in [-0.25, -0.2) is 9.97 Å². The predicted octanol–water partition coefficient (Wildman–Crippen LogP) is 2.88. The molecule has 2 heterocycles. The van der Waals surface area contributed by atoms with Gasteiger partial charge in [-0.1, -0.05) is 25.3 Å². The average molecular weight is 354 g/mol. The molecule has 0 radical (unpaired) electrons. The topological polar surface area (TPSA) is 85.4 Å². The fourth-order valence-corrected chi connectivity index (χ4v) is 3.29. The molecule has 2 aromatic rings. The van der Waals surface area contributed by atoms with E-state index in [-0.39, 0.29) is 18.7 Å². The lowest BCUT2D eigenvalue weighted by Crippen LogP contribution is -2.36. The molecule has 2 N–H and O–H groups in total. The van der Waals surface area contributed by atoms with Crippen LogP contribution in [0.25, 0.3) is 0 Å². The van der Waals surface area contributed by atoms with Crippen LogP contribution in [0.4, 0.5) is 5.82 Å². The Hall–Kier alpha value is -2.83. The zero-order valence-corrected chi connectivity index (χ0v) is 14.5. The van der Waals surface area contributed by atoms with E-state index in [0.717, 1.165) is 29.9 Å². The third-order valence-electron chi connectivity index (χ3n) is 4.74. The molecule has 1 saturated carbocycles. The molecule has 0 spiro atoms. The summed E-state index contributed by atoms with van der Waals surface area (Å²) in [5.41, 5.74) is 1.40. The van der Waals surface area contributed by atoms with Crippen LogP contribution >= 0.6 is 0 Å². The second kappa shape index (κ2) is 7.59. The van der Waals surface area contributed by atoms with Gasteiger partial charge in [0.05, 0.1) is 12.4 Å². The number of amides is 1. The number of carbonyl (C=O) groups excluding carboxylic acids is 1. The van der Waals surface area contributed by atoms with Gasteiger partial charge in [-0.3, -0.25) is 4.79 Å². The number of nitrogens with one attached hydrogen (secondary N) is 2. The quantitative estimate of drug-likeness (QED) is 0.859. The second-order valence-electron chi connectivity index (χ2n) is 6.64. The summed E-state index contributed by atoms with van der Waals surface area (Å²) in [6.07, 6.45) is 8.82. The van der Waals surface area contributed by atoms with Crippen LogP contribution in [0.2, 0.25) is 0 Å². The molecule has 136 valence electrons. The van der Waals surface area contributed by atoms with Crippen LogP contribution in [-0.2, 0) is 6.54 Å². The van der Waals surface area contributed by atoms with Crippen LogP contribution in [0.15, 0.2) is 30.6 Å². The van der Waals surface area contributed by atoms with Gasteiger partial charge in [0.1, 0.15) is 11.5 Å². The third-order valence-corrected chi connectivity index (χ3v) is 4.74. The highest BCUT2D eigenvalue weighted by molar-refractivity contribution is 5.92. The molecule has 1 fully saturated rings. The molecule has 0 unspecified atom stereocenters. The Labute approximate surface area is 152 Å². The van der Waals surface area contributed by atoms with Crippen LogP contribution in [-0.4, -0.2) is 28.7 Å². The average Bonchev–Trinajstić information content (AvgIpc) is 3.15. The monoisotopic (exact) mass is 354 g/mol. The van der Waals surface area contributed by atoms with Crippen molar-refractivity contribution in [3.05, 3.63) is 41.9 Å². The van der Waals surface area contributed by atoms with Gasteiger partial charge in [0, 0.05) is 12.6 Å². The Balaban J connectivity index is 1.31. The Morgan fingerprint density at radius 2 is 1.92 bits per heavy atom. The van der Waals surface area contributed by atoms with Crippen molar-refractivity contribution in [2.45, 2.75) is 44.7 Å². The first-order chi connectivity index (χ1) is 12.8. The molecule has 4 rings (SSSR count). The Morgan fingerprint density at radius 3 is 2.73 bits per heavy atom. The summed E-state index contributed by atoms with van der Waals surface area (Å²) in [6, 6.07) is 6.07. The Morgan fingerprint density at radius 1 is 1.08 bits per heavy atom. The largest absolute Gasteiger partial charge is 0.454 e. The molecule has 0 saturated heterocycles. The van der Waals surface area contributed by atoms with E-state index < -0.39 is 0 Å². The van der Waals surface area contributed by atoms with Gasteiger partial charge in [0.15, 0.2) is 11.5 Å². The van der Waals surface area contributed by atoms with Crippen LogP contribution in [0, 0.1) is 0 Å². The molecule has 26 heavy (non-hydrogen) atoms. The molecule has 1 aliphatic heterocycles. The van der Waals surface area contributed by atoms with Gasteiger partial charge in [-0.15, -0.1) is 0 Å². The summed E-state index contributed by atoms with van der Waals surface area (Å²) in [6.45, 7) is 0.848. The molecule has 1 aliphatic carbocycles.